The summed E-state index contributed by atoms with van der Waals surface area (Å²) in [6.07, 6.45) is 2.21. The van der Waals surface area contributed by atoms with Crippen molar-refractivity contribution < 1.29 is 38.1 Å². The van der Waals surface area contributed by atoms with Crippen molar-refractivity contribution in [1.82, 2.24) is 10.2 Å². The van der Waals surface area contributed by atoms with Gasteiger partial charge in [-0.1, -0.05) is 12.1 Å². The third-order valence-corrected chi connectivity index (χ3v) is 8.17. The highest BCUT2D eigenvalue weighted by Gasteiger charge is 2.34. The van der Waals surface area contributed by atoms with E-state index in [4.69, 9.17) is 9.47 Å². The van der Waals surface area contributed by atoms with Crippen molar-refractivity contribution in [3.05, 3.63) is 83.2 Å². The van der Waals surface area contributed by atoms with Gasteiger partial charge in [0.1, 0.15) is 5.82 Å². The third kappa shape index (κ3) is 7.00. The van der Waals surface area contributed by atoms with Crippen LogP contribution in [0.15, 0.2) is 60.7 Å². The zero-order chi connectivity index (χ0) is 31.5. The largest absolute Gasteiger partial charge is 0.481 e. The molecule has 0 radical (unpaired) electrons. The number of benzene rings is 3. The second kappa shape index (κ2) is 12.8. The van der Waals surface area contributed by atoms with Gasteiger partial charge in [0.15, 0.2) is 11.5 Å². The van der Waals surface area contributed by atoms with Crippen molar-refractivity contribution in [3.8, 4) is 11.5 Å². The minimum atomic E-state index is -1.13. The fourth-order valence-electron chi connectivity index (χ4n) is 5.62. The molecule has 3 aromatic carbocycles. The average Bonchev–Trinajstić information content (AvgIpc) is 3.82. The van der Waals surface area contributed by atoms with E-state index in [0.29, 0.717) is 60.2 Å². The topological polar surface area (TPSA) is 138 Å². The van der Waals surface area contributed by atoms with E-state index in [2.05, 4.69) is 15.5 Å². The smallest absolute Gasteiger partial charge is 0.305 e. The Morgan fingerprint density at radius 2 is 1.60 bits per heavy atom. The summed E-state index contributed by atoms with van der Waals surface area (Å²) in [5.41, 5.74) is 2.02. The number of ether oxygens (including phenoxy) is 2. The molecule has 3 aliphatic rings. The Hall–Kier alpha value is -5.13. The van der Waals surface area contributed by atoms with Crippen LogP contribution in [-0.2, 0) is 9.59 Å². The molecule has 1 atom stereocenters. The van der Waals surface area contributed by atoms with Crippen LogP contribution >= 0.6 is 0 Å². The lowest BCUT2D eigenvalue weighted by atomic mass is 10.0. The predicted molar refractivity (Wildman–Crippen MR) is 162 cm³/mol. The number of halogens is 1. The van der Waals surface area contributed by atoms with Gasteiger partial charge in [-0.2, -0.15) is 0 Å². The summed E-state index contributed by atoms with van der Waals surface area (Å²) in [6.45, 7) is 2.44. The van der Waals surface area contributed by atoms with E-state index in [-0.39, 0.29) is 24.2 Å². The van der Waals surface area contributed by atoms with Crippen LogP contribution in [0.3, 0.4) is 0 Å². The molecule has 2 fully saturated rings. The van der Waals surface area contributed by atoms with Crippen molar-refractivity contribution in [2.75, 3.05) is 43.2 Å². The Balaban J connectivity index is 1.27. The van der Waals surface area contributed by atoms with Crippen LogP contribution in [-0.4, -0.2) is 66.7 Å². The molecular weight excluding hydrogens is 583 g/mol. The zero-order valence-electron chi connectivity index (χ0n) is 24.5. The van der Waals surface area contributed by atoms with E-state index in [1.807, 2.05) is 4.90 Å². The molecule has 0 spiro atoms. The van der Waals surface area contributed by atoms with Gasteiger partial charge < -0.3 is 35.0 Å². The highest BCUT2D eigenvalue weighted by molar-refractivity contribution is 6.07. The number of rotatable bonds is 9. The molecule has 0 aromatic heterocycles. The number of nitrogens with one attached hydrogen (secondary N) is 2. The molecule has 3 amide bonds. The quantitative estimate of drug-likeness (QED) is 0.325. The zero-order valence-corrected chi connectivity index (χ0v) is 24.5. The number of carbonyl (C=O) groups excluding carboxylic acids is 3. The molecule has 1 saturated carbocycles. The Kier molecular flexibility index (Phi) is 8.54. The van der Waals surface area contributed by atoms with E-state index in [9.17, 15) is 28.7 Å². The molecule has 2 aliphatic heterocycles. The Morgan fingerprint density at radius 3 is 2.36 bits per heavy atom. The first-order valence-corrected chi connectivity index (χ1v) is 14.9. The van der Waals surface area contributed by atoms with Crippen molar-refractivity contribution in [1.29, 1.82) is 0 Å². The number of fused-ring (bicyclic) bond motifs is 1. The highest BCUT2D eigenvalue weighted by Crippen LogP contribution is 2.35. The molecule has 0 bridgehead atoms. The first-order chi connectivity index (χ1) is 21.7. The fraction of sp³-hybridized carbons (Fsp3) is 0.333. The minimum absolute atomic E-state index is 0.0672. The van der Waals surface area contributed by atoms with E-state index in [1.165, 1.54) is 24.3 Å². The van der Waals surface area contributed by atoms with Crippen LogP contribution in [0.5, 0.6) is 11.5 Å². The maximum Gasteiger partial charge on any atom is 0.305 e. The summed E-state index contributed by atoms with van der Waals surface area (Å²) in [5.74, 6) is -1.29. The summed E-state index contributed by atoms with van der Waals surface area (Å²) in [7, 11) is 0. The van der Waals surface area contributed by atoms with Gasteiger partial charge in [-0.15, -0.1) is 0 Å². The number of hydrogen-bond donors (Lipinski definition) is 3. The second-order valence-electron chi connectivity index (χ2n) is 11.4. The van der Waals surface area contributed by atoms with Crippen molar-refractivity contribution >= 4 is 35.1 Å². The van der Waals surface area contributed by atoms with E-state index in [0.717, 1.165) is 19.3 Å². The first kappa shape index (κ1) is 29.9. The van der Waals surface area contributed by atoms with Crippen LogP contribution < -0.4 is 25.0 Å². The summed E-state index contributed by atoms with van der Waals surface area (Å²) < 4.78 is 24.3. The Bertz CT molecular complexity index is 1630. The molecule has 1 aliphatic carbocycles. The Labute approximate surface area is 258 Å². The molecule has 6 rings (SSSR count). The van der Waals surface area contributed by atoms with Crippen LogP contribution in [0.2, 0.25) is 0 Å². The molecule has 45 heavy (non-hydrogen) atoms. The van der Waals surface area contributed by atoms with Gasteiger partial charge in [-0.25, -0.2) is 4.39 Å². The molecule has 1 unspecified atom stereocenters. The lowest BCUT2D eigenvalue weighted by Crippen LogP contribution is -2.36. The first-order valence-electron chi connectivity index (χ1n) is 14.9. The van der Waals surface area contributed by atoms with Crippen LogP contribution in [0.4, 0.5) is 15.8 Å². The molecule has 2 heterocycles. The summed E-state index contributed by atoms with van der Waals surface area (Å²) >= 11 is 0. The second-order valence-corrected chi connectivity index (χ2v) is 11.4. The number of hydrogen-bond acceptors (Lipinski definition) is 7. The van der Waals surface area contributed by atoms with E-state index < -0.39 is 36.1 Å². The summed E-state index contributed by atoms with van der Waals surface area (Å²) in [6, 6.07) is 14.1. The molecule has 12 heteroatoms. The number of carbonyl (C=O) groups is 4. The third-order valence-electron chi connectivity index (χ3n) is 8.17. The predicted octanol–water partition coefficient (Wildman–Crippen LogP) is 4.20. The van der Waals surface area contributed by atoms with Crippen LogP contribution in [0.25, 0.3) is 0 Å². The standard InChI is InChI=1S/C33H33FN4O7/c34-24-8-4-20(5-9-24)25(18-30(39)40)35-31(41)22-6-10-27(37-12-1-13-38(15-14-37)33(43)21-2-3-21)26(16-22)36-32(42)23-7-11-28-29(17-23)45-19-44-28/h4-11,16-17,21,25H,1-3,12-15,18-19H2,(H,35,41)(H,36,42)(H,39,40). The Morgan fingerprint density at radius 1 is 0.867 bits per heavy atom. The molecule has 234 valence electrons. The van der Waals surface area contributed by atoms with E-state index in [1.54, 1.807) is 36.4 Å². The normalized spacial score (nSPS) is 16.5. The lowest BCUT2D eigenvalue weighted by molar-refractivity contribution is -0.137. The van der Waals surface area contributed by atoms with Crippen LogP contribution in [0, 0.1) is 11.7 Å². The van der Waals surface area contributed by atoms with Gasteiger partial charge in [0.2, 0.25) is 12.7 Å². The maximum absolute atomic E-state index is 13.5. The molecule has 11 nitrogen and oxygen atoms in total. The van der Waals surface area contributed by atoms with Crippen molar-refractivity contribution in [2.45, 2.75) is 31.7 Å². The van der Waals surface area contributed by atoms with Gasteiger partial charge in [-0.05, 0) is 73.4 Å². The van der Waals surface area contributed by atoms with Gasteiger partial charge in [0, 0.05) is 43.2 Å². The maximum atomic E-state index is 13.5. The number of carboxylic acids is 1. The van der Waals surface area contributed by atoms with Gasteiger partial charge >= 0.3 is 5.97 Å². The monoisotopic (exact) mass is 616 g/mol. The van der Waals surface area contributed by atoms with Crippen LogP contribution in [0.1, 0.15) is 58.0 Å². The van der Waals surface area contributed by atoms with Gasteiger partial charge in [-0.3, -0.25) is 19.2 Å². The number of carboxylic acid groups (broad SMARTS) is 1. The highest BCUT2D eigenvalue weighted by atomic mass is 19.1. The lowest BCUT2D eigenvalue weighted by Gasteiger charge is -2.27. The minimum Gasteiger partial charge on any atom is -0.481 e. The van der Waals surface area contributed by atoms with Crippen molar-refractivity contribution in [2.24, 2.45) is 5.92 Å². The molecule has 3 N–H and O–H groups in total. The van der Waals surface area contributed by atoms with Gasteiger partial charge in [0.05, 0.1) is 23.8 Å². The molecule has 1 saturated heterocycles. The number of amides is 3. The number of anilines is 2. The average molecular weight is 617 g/mol. The van der Waals surface area contributed by atoms with Crippen molar-refractivity contribution in [3.63, 3.8) is 0 Å². The molecular formula is C33H33FN4O7. The number of aliphatic carboxylic acids is 1. The van der Waals surface area contributed by atoms with E-state index >= 15 is 0 Å². The summed E-state index contributed by atoms with van der Waals surface area (Å²) in [4.78, 5) is 55.2. The molecule has 3 aromatic rings. The van der Waals surface area contributed by atoms with Gasteiger partial charge in [0.25, 0.3) is 11.8 Å². The fourth-order valence-corrected chi connectivity index (χ4v) is 5.62. The number of nitrogens with zero attached hydrogens (tertiary/aromatic N) is 2. The summed E-state index contributed by atoms with van der Waals surface area (Å²) in [5, 5.41) is 15.1. The SMILES string of the molecule is O=C(O)CC(NC(=O)c1ccc(N2CCCN(C(=O)C3CC3)CC2)c(NC(=O)c2ccc3c(c2)OCO3)c1)c1ccc(F)cc1.